The molecule has 2 aromatic rings. The number of aromatic carboxylic acids is 1. The maximum Gasteiger partial charge on any atom is 0.339 e. The zero-order chi connectivity index (χ0) is 23.0. The van der Waals surface area contributed by atoms with E-state index in [1.165, 1.54) is 76.2 Å². The first kappa shape index (κ1) is 26.0. The topological polar surface area (TPSA) is 46.5 Å². The lowest BCUT2D eigenvalue weighted by Crippen LogP contribution is -2.02. The Morgan fingerprint density at radius 1 is 0.688 bits per heavy atom. The van der Waals surface area contributed by atoms with Crippen LogP contribution in [0.3, 0.4) is 0 Å². The van der Waals surface area contributed by atoms with Gasteiger partial charge in [-0.2, -0.15) is 0 Å². The monoisotopic (exact) mass is 438 g/mol. The Bertz CT molecular complexity index is 779. The summed E-state index contributed by atoms with van der Waals surface area (Å²) in [5, 5.41) is 9.68. The van der Waals surface area contributed by atoms with Crippen molar-refractivity contribution in [1.29, 1.82) is 0 Å². The van der Waals surface area contributed by atoms with E-state index in [0.29, 0.717) is 11.5 Å². The number of rotatable bonds is 17. The van der Waals surface area contributed by atoms with Crippen LogP contribution < -0.4 is 4.74 Å². The van der Waals surface area contributed by atoms with Gasteiger partial charge in [-0.3, -0.25) is 0 Å². The second-order valence-electron chi connectivity index (χ2n) is 8.92. The molecule has 0 aliphatic heterocycles. The van der Waals surface area contributed by atoms with Crippen LogP contribution in [-0.2, 0) is 12.8 Å². The third-order valence-corrected chi connectivity index (χ3v) is 6.06. The Kier molecular flexibility index (Phi) is 12.6. The lowest BCUT2D eigenvalue weighted by Gasteiger charge is -2.11. The molecule has 0 atom stereocenters. The molecule has 0 bridgehead atoms. The first-order chi connectivity index (χ1) is 15.6. The summed E-state index contributed by atoms with van der Waals surface area (Å²) in [4.78, 5) is 11.8. The lowest BCUT2D eigenvalue weighted by molar-refractivity contribution is 0.0694. The number of benzene rings is 2. The van der Waals surface area contributed by atoms with Crippen molar-refractivity contribution in [3.63, 3.8) is 0 Å². The highest BCUT2D eigenvalue weighted by molar-refractivity contribution is 5.91. The van der Waals surface area contributed by atoms with Gasteiger partial charge >= 0.3 is 5.97 Å². The van der Waals surface area contributed by atoms with Gasteiger partial charge in [0.25, 0.3) is 0 Å². The van der Waals surface area contributed by atoms with Crippen LogP contribution in [0.4, 0.5) is 0 Å². The number of carbonyl (C=O) groups is 1. The number of aryl methyl sites for hydroxylation is 2. The fourth-order valence-corrected chi connectivity index (χ4v) is 4.06. The molecule has 0 unspecified atom stereocenters. The molecule has 0 radical (unpaired) electrons. The summed E-state index contributed by atoms with van der Waals surface area (Å²) in [6, 6.07) is 13.7. The Morgan fingerprint density at radius 3 is 1.75 bits per heavy atom. The van der Waals surface area contributed by atoms with Crippen molar-refractivity contribution in [2.45, 2.75) is 104 Å². The van der Waals surface area contributed by atoms with E-state index in [9.17, 15) is 9.90 Å². The molecular formula is C29H42O3. The van der Waals surface area contributed by atoms with E-state index in [2.05, 4.69) is 26.0 Å². The average Bonchev–Trinajstić information content (AvgIpc) is 2.80. The molecule has 176 valence electrons. The van der Waals surface area contributed by atoms with E-state index in [-0.39, 0.29) is 5.56 Å². The number of hydrogen-bond acceptors (Lipinski definition) is 2. The van der Waals surface area contributed by atoms with Crippen LogP contribution >= 0.6 is 0 Å². The van der Waals surface area contributed by atoms with Gasteiger partial charge in [-0.25, -0.2) is 4.79 Å². The first-order valence-electron chi connectivity index (χ1n) is 12.8. The summed E-state index contributed by atoms with van der Waals surface area (Å²) in [6.07, 6.45) is 17.2. The molecule has 32 heavy (non-hydrogen) atoms. The van der Waals surface area contributed by atoms with E-state index < -0.39 is 5.97 Å². The summed E-state index contributed by atoms with van der Waals surface area (Å²) in [7, 11) is 0. The second-order valence-corrected chi connectivity index (χ2v) is 8.92. The van der Waals surface area contributed by atoms with E-state index in [1.54, 1.807) is 12.1 Å². The Balaban J connectivity index is 1.86. The number of carboxylic acids is 1. The van der Waals surface area contributed by atoms with Gasteiger partial charge in [0, 0.05) is 0 Å². The van der Waals surface area contributed by atoms with Crippen molar-refractivity contribution < 1.29 is 14.6 Å². The third kappa shape index (κ3) is 9.89. The summed E-state index contributed by atoms with van der Waals surface area (Å²) in [6.45, 7) is 4.47. The van der Waals surface area contributed by atoms with Gasteiger partial charge in [0.1, 0.15) is 17.1 Å². The van der Waals surface area contributed by atoms with Crippen molar-refractivity contribution >= 4 is 5.97 Å². The van der Waals surface area contributed by atoms with Gasteiger partial charge in [-0.1, -0.05) is 96.3 Å². The van der Waals surface area contributed by atoms with Crippen molar-refractivity contribution in [2.24, 2.45) is 0 Å². The van der Waals surface area contributed by atoms with Gasteiger partial charge < -0.3 is 9.84 Å². The van der Waals surface area contributed by atoms with Crippen molar-refractivity contribution in [1.82, 2.24) is 0 Å². The van der Waals surface area contributed by atoms with Crippen LogP contribution in [0.5, 0.6) is 11.5 Å². The van der Waals surface area contributed by atoms with Gasteiger partial charge in [0.2, 0.25) is 0 Å². The number of unbranched alkanes of at least 4 members (excludes halogenated alkanes) is 10. The number of carboxylic acid groups (broad SMARTS) is 1. The molecule has 0 spiro atoms. The minimum Gasteiger partial charge on any atom is -0.478 e. The maximum atomic E-state index is 11.8. The molecule has 0 saturated carbocycles. The number of ether oxygens (including phenoxy) is 1. The molecule has 0 heterocycles. The fraction of sp³-hybridized carbons (Fsp3) is 0.552. The molecule has 0 aliphatic carbocycles. The second kappa shape index (κ2) is 15.5. The van der Waals surface area contributed by atoms with E-state index in [0.717, 1.165) is 24.8 Å². The van der Waals surface area contributed by atoms with Gasteiger partial charge in [-0.05, 0) is 61.1 Å². The standard InChI is InChI=1S/C29H42O3/c1-3-5-7-9-11-13-15-24-17-20-26(21-18-24)32-28-22-19-25(23-27(28)29(30)31)16-14-12-10-8-6-4-2/h17-23H,3-16H2,1-2H3,(H,30,31). The quantitative estimate of drug-likeness (QED) is 0.251. The van der Waals surface area contributed by atoms with Gasteiger partial charge in [0.05, 0.1) is 0 Å². The predicted molar refractivity (Wildman–Crippen MR) is 134 cm³/mol. The Morgan fingerprint density at radius 2 is 1.19 bits per heavy atom. The van der Waals surface area contributed by atoms with Crippen LogP contribution in [0, 0.1) is 0 Å². The summed E-state index contributed by atoms with van der Waals surface area (Å²) in [5.41, 5.74) is 2.62. The molecule has 0 aromatic heterocycles. The predicted octanol–water partition coefficient (Wildman–Crippen LogP) is 8.98. The molecule has 0 saturated heterocycles. The minimum absolute atomic E-state index is 0.240. The van der Waals surface area contributed by atoms with Crippen LogP contribution in [0.25, 0.3) is 0 Å². The average molecular weight is 439 g/mol. The SMILES string of the molecule is CCCCCCCCc1ccc(Oc2ccc(CCCCCCCC)cc2C(=O)O)cc1. The van der Waals surface area contributed by atoms with Gasteiger partial charge in [-0.15, -0.1) is 0 Å². The highest BCUT2D eigenvalue weighted by Gasteiger charge is 2.13. The molecule has 0 aliphatic rings. The largest absolute Gasteiger partial charge is 0.478 e. The molecular weight excluding hydrogens is 396 g/mol. The first-order valence-corrected chi connectivity index (χ1v) is 12.8. The maximum absolute atomic E-state index is 11.8. The van der Waals surface area contributed by atoms with Crippen molar-refractivity contribution in [3.8, 4) is 11.5 Å². The normalized spacial score (nSPS) is 10.9. The molecule has 2 aromatic carbocycles. The molecule has 0 amide bonds. The zero-order valence-electron chi connectivity index (χ0n) is 20.2. The number of hydrogen-bond donors (Lipinski definition) is 1. The van der Waals surface area contributed by atoms with E-state index >= 15 is 0 Å². The lowest BCUT2D eigenvalue weighted by atomic mass is 10.0. The highest BCUT2D eigenvalue weighted by Crippen LogP contribution is 2.28. The summed E-state index contributed by atoms with van der Waals surface area (Å²) < 4.78 is 5.94. The molecule has 3 nitrogen and oxygen atoms in total. The van der Waals surface area contributed by atoms with Crippen LogP contribution in [0.15, 0.2) is 42.5 Å². The van der Waals surface area contributed by atoms with Crippen molar-refractivity contribution in [3.05, 3.63) is 59.2 Å². The third-order valence-electron chi connectivity index (χ3n) is 6.06. The fourth-order valence-electron chi connectivity index (χ4n) is 4.06. The molecule has 3 heteroatoms. The smallest absolute Gasteiger partial charge is 0.339 e. The minimum atomic E-state index is -0.940. The van der Waals surface area contributed by atoms with Crippen LogP contribution in [0.2, 0.25) is 0 Å². The summed E-state index contributed by atoms with van der Waals surface area (Å²) >= 11 is 0. The zero-order valence-corrected chi connectivity index (χ0v) is 20.2. The van der Waals surface area contributed by atoms with E-state index in [1.807, 2.05) is 18.2 Å². The van der Waals surface area contributed by atoms with E-state index in [4.69, 9.17) is 4.74 Å². The Hall–Kier alpha value is -2.29. The Labute approximate surface area is 195 Å². The molecule has 2 rings (SSSR count). The van der Waals surface area contributed by atoms with Crippen molar-refractivity contribution in [2.75, 3.05) is 0 Å². The van der Waals surface area contributed by atoms with Crippen LogP contribution in [-0.4, -0.2) is 11.1 Å². The van der Waals surface area contributed by atoms with Crippen LogP contribution in [0.1, 0.15) is 112 Å². The summed E-state index contributed by atoms with van der Waals surface area (Å²) in [5.74, 6) is 0.153. The van der Waals surface area contributed by atoms with Gasteiger partial charge in [0.15, 0.2) is 0 Å². The highest BCUT2D eigenvalue weighted by atomic mass is 16.5. The molecule has 1 N–H and O–H groups in total. The molecule has 0 fully saturated rings.